The van der Waals surface area contributed by atoms with Gasteiger partial charge in [-0.05, 0) is 31.5 Å². The Morgan fingerprint density at radius 2 is 2.00 bits per heavy atom. The molecule has 3 N–H and O–H groups in total. The molecule has 0 aliphatic heterocycles. The number of nitrogen functional groups attached to an aromatic ring is 1. The Hall–Kier alpha value is -1.94. The average Bonchev–Trinajstić information content (AvgIpc) is 2.32. The van der Waals surface area contributed by atoms with Crippen LogP contribution >= 0.6 is 0 Å². The van der Waals surface area contributed by atoms with Crippen LogP contribution in [0.25, 0.3) is 11.3 Å². The van der Waals surface area contributed by atoms with E-state index in [2.05, 4.69) is 47.4 Å². The van der Waals surface area contributed by atoms with Gasteiger partial charge in [-0.15, -0.1) is 0 Å². The maximum Gasteiger partial charge on any atom is 0.237 e. The highest BCUT2D eigenvalue weighted by molar-refractivity contribution is 5.64. The number of nitrogens with two attached hydrogens (primary N) is 1. The van der Waals surface area contributed by atoms with Gasteiger partial charge in [0.15, 0.2) is 0 Å². The molecule has 2 rings (SSSR count). The van der Waals surface area contributed by atoms with E-state index in [1.807, 2.05) is 6.07 Å². The first-order chi connectivity index (χ1) is 7.70. The number of hydrazine groups is 1. The molecule has 4 nitrogen and oxygen atoms in total. The van der Waals surface area contributed by atoms with Crippen LogP contribution in [0.5, 0.6) is 0 Å². The molecule has 0 aliphatic rings. The Balaban J connectivity index is 2.53. The van der Waals surface area contributed by atoms with Gasteiger partial charge >= 0.3 is 0 Å². The molecule has 0 saturated carbocycles. The number of nitrogens with zero attached hydrogens (tertiary/aromatic N) is 2. The molecular formula is C12H14N4. The fourth-order valence-electron chi connectivity index (χ4n) is 1.59. The summed E-state index contributed by atoms with van der Waals surface area (Å²) in [5.41, 5.74) is 6.83. The Labute approximate surface area is 94.5 Å². The molecular weight excluding hydrogens is 200 g/mol. The Morgan fingerprint density at radius 3 is 2.75 bits per heavy atom. The van der Waals surface area contributed by atoms with E-state index in [0.717, 1.165) is 11.3 Å². The monoisotopic (exact) mass is 214 g/mol. The summed E-state index contributed by atoms with van der Waals surface area (Å²) in [4.78, 5) is 8.30. The van der Waals surface area contributed by atoms with Gasteiger partial charge in [0.1, 0.15) is 0 Å². The Kier molecular flexibility index (Phi) is 2.83. The maximum atomic E-state index is 5.29. The third-order valence-corrected chi connectivity index (χ3v) is 2.45. The fraction of sp³-hybridized carbons (Fsp3) is 0.167. The van der Waals surface area contributed by atoms with E-state index >= 15 is 0 Å². The molecule has 1 aromatic heterocycles. The molecule has 0 spiro atoms. The van der Waals surface area contributed by atoms with Crippen molar-refractivity contribution in [2.75, 3.05) is 5.43 Å². The van der Waals surface area contributed by atoms with Crippen molar-refractivity contribution in [1.29, 1.82) is 0 Å². The van der Waals surface area contributed by atoms with Crippen molar-refractivity contribution >= 4 is 5.95 Å². The van der Waals surface area contributed by atoms with Gasteiger partial charge in [-0.3, -0.25) is 5.43 Å². The van der Waals surface area contributed by atoms with Gasteiger partial charge < -0.3 is 0 Å². The minimum Gasteiger partial charge on any atom is -0.292 e. The minimum atomic E-state index is 0.429. The number of aryl methyl sites for hydroxylation is 2. The summed E-state index contributed by atoms with van der Waals surface area (Å²) in [5, 5.41) is 0. The molecule has 1 aromatic carbocycles. The number of anilines is 1. The summed E-state index contributed by atoms with van der Waals surface area (Å²) in [6.07, 6.45) is 1.69. The Morgan fingerprint density at radius 1 is 1.19 bits per heavy atom. The lowest BCUT2D eigenvalue weighted by atomic mass is 10.0. The molecule has 0 saturated heterocycles. The van der Waals surface area contributed by atoms with E-state index in [1.165, 1.54) is 11.1 Å². The third-order valence-electron chi connectivity index (χ3n) is 2.45. The summed E-state index contributed by atoms with van der Waals surface area (Å²) in [5.74, 6) is 5.72. The second-order valence-electron chi connectivity index (χ2n) is 3.73. The molecule has 82 valence electrons. The SMILES string of the molecule is Cc1ccc(C)c(-c2ccnc(NN)n2)c1. The summed E-state index contributed by atoms with van der Waals surface area (Å²) in [7, 11) is 0. The zero-order valence-electron chi connectivity index (χ0n) is 9.36. The lowest BCUT2D eigenvalue weighted by Crippen LogP contribution is -2.10. The highest BCUT2D eigenvalue weighted by atomic mass is 15.3. The zero-order valence-corrected chi connectivity index (χ0v) is 9.36. The van der Waals surface area contributed by atoms with Crippen LogP contribution in [0, 0.1) is 13.8 Å². The number of benzene rings is 1. The normalized spacial score (nSPS) is 10.2. The highest BCUT2D eigenvalue weighted by Gasteiger charge is 2.04. The molecule has 0 fully saturated rings. The molecule has 0 unspecified atom stereocenters. The summed E-state index contributed by atoms with van der Waals surface area (Å²) in [6.45, 7) is 4.12. The van der Waals surface area contributed by atoms with Crippen LogP contribution in [0.2, 0.25) is 0 Å². The van der Waals surface area contributed by atoms with Crippen LogP contribution in [0.1, 0.15) is 11.1 Å². The first-order valence-corrected chi connectivity index (χ1v) is 5.08. The van der Waals surface area contributed by atoms with Gasteiger partial charge in [-0.25, -0.2) is 15.8 Å². The van der Waals surface area contributed by atoms with Crippen LogP contribution in [0.4, 0.5) is 5.95 Å². The van der Waals surface area contributed by atoms with E-state index < -0.39 is 0 Å². The molecule has 4 heteroatoms. The summed E-state index contributed by atoms with van der Waals surface area (Å²) in [6, 6.07) is 8.16. The van der Waals surface area contributed by atoms with E-state index in [9.17, 15) is 0 Å². The highest BCUT2D eigenvalue weighted by Crippen LogP contribution is 2.22. The van der Waals surface area contributed by atoms with E-state index in [0.29, 0.717) is 5.95 Å². The van der Waals surface area contributed by atoms with Gasteiger partial charge in [0.2, 0.25) is 5.95 Å². The smallest absolute Gasteiger partial charge is 0.237 e. The van der Waals surface area contributed by atoms with Crippen molar-refractivity contribution in [2.45, 2.75) is 13.8 Å². The lowest BCUT2D eigenvalue weighted by molar-refractivity contribution is 1.12. The summed E-state index contributed by atoms with van der Waals surface area (Å²) >= 11 is 0. The van der Waals surface area contributed by atoms with Crippen LogP contribution in [-0.2, 0) is 0 Å². The maximum absolute atomic E-state index is 5.29. The van der Waals surface area contributed by atoms with Crippen molar-refractivity contribution in [3.05, 3.63) is 41.6 Å². The first kappa shape index (κ1) is 10.6. The molecule has 1 heterocycles. The van der Waals surface area contributed by atoms with Crippen molar-refractivity contribution in [1.82, 2.24) is 9.97 Å². The van der Waals surface area contributed by atoms with Crippen molar-refractivity contribution in [2.24, 2.45) is 5.84 Å². The van der Waals surface area contributed by atoms with E-state index in [1.54, 1.807) is 6.20 Å². The predicted molar refractivity (Wildman–Crippen MR) is 64.8 cm³/mol. The molecule has 2 aromatic rings. The molecule has 0 radical (unpaired) electrons. The Bertz CT molecular complexity index is 508. The lowest BCUT2D eigenvalue weighted by Gasteiger charge is -2.07. The predicted octanol–water partition coefficient (Wildman–Crippen LogP) is 2.05. The fourth-order valence-corrected chi connectivity index (χ4v) is 1.59. The third kappa shape index (κ3) is 2.01. The van der Waals surface area contributed by atoms with Crippen LogP contribution in [0.3, 0.4) is 0 Å². The van der Waals surface area contributed by atoms with Crippen LogP contribution in [0.15, 0.2) is 30.5 Å². The number of rotatable bonds is 2. The number of hydrogen-bond donors (Lipinski definition) is 2. The first-order valence-electron chi connectivity index (χ1n) is 5.08. The summed E-state index contributed by atoms with van der Waals surface area (Å²) < 4.78 is 0. The van der Waals surface area contributed by atoms with Crippen molar-refractivity contribution < 1.29 is 0 Å². The second kappa shape index (κ2) is 4.28. The van der Waals surface area contributed by atoms with E-state index in [4.69, 9.17) is 5.84 Å². The quantitative estimate of drug-likeness (QED) is 0.593. The molecule has 0 bridgehead atoms. The minimum absolute atomic E-state index is 0.429. The van der Waals surface area contributed by atoms with Gasteiger partial charge in [0.05, 0.1) is 5.69 Å². The zero-order chi connectivity index (χ0) is 11.5. The van der Waals surface area contributed by atoms with Gasteiger partial charge in [-0.2, -0.15) is 0 Å². The van der Waals surface area contributed by atoms with Crippen molar-refractivity contribution in [3.8, 4) is 11.3 Å². The standard InChI is InChI=1S/C12H14N4/c1-8-3-4-9(2)10(7-8)11-5-6-14-12(15-11)16-13/h3-7H,13H2,1-2H3,(H,14,15,16). The number of nitrogens with one attached hydrogen (secondary N) is 1. The van der Waals surface area contributed by atoms with E-state index in [-0.39, 0.29) is 0 Å². The average molecular weight is 214 g/mol. The topological polar surface area (TPSA) is 63.8 Å². The van der Waals surface area contributed by atoms with Gasteiger partial charge in [0, 0.05) is 11.8 Å². The largest absolute Gasteiger partial charge is 0.292 e. The molecule has 0 aliphatic carbocycles. The second-order valence-corrected chi connectivity index (χ2v) is 3.73. The van der Waals surface area contributed by atoms with Gasteiger partial charge in [-0.1, -0.05) is 17.7 Å². The number of aromatic nitrogens is 2. The molecule has 0 atom stereocenters. The van der Waals surface area contributed by atoms with Crippen LogP contribution < -0.4 is 11.3 Å². The molecule has 0 amide bonds. The number of hydrogen-bond acceptors (Lipinski definition) is 4. The molecule has 16 heavy (non-hydrogen) atoms. The van der Waals surface area contributed by atoms with Gasteiger partial charge in [0.25, 0.3) is 0 Å². The van der Waals surface area contributed by atoms with Crippen LogP contribution in [-0.4, -0.2) is 9.97 Å². The van der Waals surface area contributed by atoms with Crippen molar-refractivity contribution in [3.63, 3.8) is 0 Å².